The number of hydrogen-bond donors (Lipinski definition) is 2. The average Bonchev–Trinajstić information content (AvgIpc) is 2.53. The summed E-state index contributed by atoms with van der Waals surface area (Å²) in [4.78, 5) is 10.9. The molecular formula is C15H22N2O6. The van der Waals surface area contributed by atoms with Crippen LogP contribution >= 0.6 is 0 Å². The number of anilines is 1. The number of urea groups is 1. The van der Waals surface area contributed by atoms with Gasteiger partial charge in [0, 0.05) is 11.8 Å². The minimum Gasteiger partial charge on any atom is -0.487 e. The number of carbonyl (C=O) groups excluding carboxylic acids is 1. The van der Waals surface area contributed by atoms with Crippen molar-refractivity contribution in [3.8, 4) is 11.5 Å². The largest absolute Gasteiger partial charge is 0.487 e. The summed E-state index contributed by atoms with van der Waals surface area (Å²) in [6.07, 6.45) is 0. The van der Waals surface area contributed by atoms with Gasteiger partial charge in [0.25, 0.3) is 0 Å². The summed E-state index contributed by atoms with van der Waals surface area (Å²) in [5.41, 5.74) is 5.65. The molecule has 0 fully saturated rings. The second kappa shape index (κ2) is 9.88. The zero-order valence-corrected chi connectivity index (χ0v) is 12.9. The van der Waals surface area contributed by atoms with E-state index >= 15 is 0 Å². The highest BCUT2D eigenvalue weighted by Gasteiger charge is 2.09. The van der Waals surface area contributed by atoms with Gasteiger partial charge in [0.2, 0.25) is 0 Å². The molecule has 1 aliphatic rings. The van der Waals surface area contributed by atoms with Gasteiger partial charge in [-0.1, -0.05) is 0 Å². The normalized spacial score (nSPS) is 17.6. The van der Waals surface area contributed by atoms with E-state index < -0.39 is 6.03 Å². The number of primary amides is 1. The lowest BCUT2D eigenvalue weighted by Gasteiger charge is -2.14. The number of nitrogens with two attached hydrogens (primary N) is 1. The van der Waals surface area contributed by atoms with Crippen LogP contribution in [-0.4, -0.2) is 58.9 Å². The quantitative estimate of drug-likeness (QED) is 0.798. The van der Waals surface area contributed by atoms with Crippen molar-refractivity contribution < 1.29 is 28.5 Å². The van der Waals surface area contributed by atoms with Gasteiger partial charge >= 0.3 is 6.03 Å². The Balaban J connectivity index is 2.01. The molecule has 0 atom stereocenters. The topological polar surface area (TPSA) is 101 Å². The van der Waals surface area contributed by atoms with E-state index in [0.717, 1.165) is 0 Å². The SMILES string of the molecule is NC(=O)Nc1ccc2c(c1)OCCOCCOCCOCCO2. The third kappa shape index (κ3) is 6.72. The van der Waals surface area contributed by atoms with Gasteiger partial charge in [-0.2, -0.15) is 0 Å². The van der Waals surface area contributed by atoms with Gasteiger partial charge in [0.05, 0.1) is 39.6 Å². The molecule has 3 N–H and O–H groups in total. The summed E-state index contributed by atoms with van der Waals surface area (Å²) in [6, 6.07) is 4.41. The fourth-order valence-electron chi connectivity index (χ4n) is 1.92. The van der Waals surface area contributed by atoms with Gasteiger partial charge in [0.1, 0.15) is 13.2 Å². The maximum absolute atomic E-state index is 10.9. The first-order chi connectivity index (χ1) is 11.3. The average molecular weight is 326 g/mol. The number of carbonyl (C=O) groups is 1. The van der Waals surface area contributed by atoms with Crippen LogP contribution in [0.4, 0.5) is 10.5 Å². The fourth-order valence-corrected chi connectivity index (χ4v) is 1.92. The van der Waals surface area contributed by atoms with Crippen LogP contribution in [-0.2, 0) is 14.2 Å². The summed E-state index contributed by atoms with van der Waals surface area (Å²) < 4.78 is 27.4. The lowest BCUT2D eigenvalue weighted by atomic mass is 10.2. The van der Waals surface area contributed by atoms with Gasteiger partial charge in [-0.05, 0) is 12.1 Å². The minimum atomic E-state index is -0.639. The van der Waals surface area contributed by atoms with Crippen molar-refractivity contribution in [1.29, 1.82) is 0 Å². The van der Waals surface area contributed by atoms with E-state index in [0.29, 0.717) is 70.0 Å². The molecule has 1 aromatic rings. The zero-order chi connectivity index (χ0) is 16.3. The highest BCUT2D eigenvalue weighted by atomic mass is 16.6. The molecule has 0 aromatic heterocycles. The van der Waals surface area contributed by atoms with Crippen LogP contribution in [0.3, 0.4) is 0 Å². The van der Waals surface area contributed by atoms with Crippen LogP contribution in [0.15, 0.2) is 18.2 Å². The molecule has 0 bridgehead atoms. The molecule has 0 spiro atoms. The zero-order valence-electron chi connectivity index (χ0n) is 12.9. The Kier molecular flexibility index (Phi) is 7.44. The van der Waals surface area contributed by atoms with Gasteiger partial charge in [-0.3, -0.25) is 0 Å². The van der Waals surface area contributed by atoms with Gasteiger partial charge in [0.15, 0.2) is 11.5 Å². The van der Waals surface area contributed by atoms with Crippen molar-refractivity contribution in [2.75, 3.05) is 58.2 Å². The van der Waals surface area contributed by atoms with Crippen LogP contribution in [0.2, 0.25) is 0 Å². The van der Waals surface area contributed by atoms with Crippen molar-refractivity contribution in [1.82, 2.24) is 0 Å². The number of ether oxygens (including phenoxy) is 5. The number of hydrogen-bond acceptors (Lipinski definition) is 6. The van der Waals surface area contributed by atoms with E-state index in [1.807, 2.05) is 0 Å². The molecule has 1 heterocycles. The first-order valence-electron chi connectivity index (χ1n) is 7.45. The molecule has 1 aromatic carbocycles. The molecule has 0 aliphatic carbocycles. The van der Waals surface area contributed by atoms with E-state index in [-0.39, 0.29) is 0 Å². The van der Waals surface area contributed by atoms with Crippen molar-refractivity contribution in [3.63, 3.8) is 0 Å². The van der Waals surface area contributed by atoms with Crippen LogP contribution in [0, 0.1) is 0 Å². The lowest BCUT2D eigenvalue weighted by molar-refractivity contribution is 0.00708. The third-order valence-electron chi connectivity index (χ3n) is 2.93. The molecular weight excluding hydrogens is 304 g/mol. The predicted octanol–water partition coefficient (Wildman–Crippen LogP) is 0.998. The van der Waals surface area contributed by atoms with Gasteiger partial charge in [-0.15, -0.1) is 0 Å². The molecule has 2 amide bonds. The number of nitrogens with one attached hydrogen (secondary N) is 1. The van der Waals surface area contributed by atoms with E-state index in [1.165, 1.54) is 0 Å². The molecule has 0 saturated carbocycles. The van der Waals surface area contributed by atoms with Crippen LogP contribution in [0.5, 0.6) is 11.5 Å². The standard InChI is InChI=1S/C15H22N2O6/c16-15(18)17-12-1-2-13-14(11-12)23-10-8-21-6-4-19-3-5-20-7-9-22-13/h1-2,11H,3-10H2,(H3,16,17,18). The van der Waals surface area contributed by atoms with Crippen molar-refractivity contribution in [3.05, 3.63) is 18.2 Å². The molecule has 23 heavy (non-hydrogen) atoms. The number of amides is 2. The Bertz CT molecular complexity index is 497. The van der Waals surface area contributed by atoms with Crippen molar-refractivity contribution in [2.24, 2.45) is 5.73 Å². The summed E-state index contributed by atoms with van der Waals surface area (Å²) in [5.74, 6) is 1.07. The van der Waals surface area contributed by atoms with E-state index in [4.69, 9.17) is 29.4 Å². The summed E-state index contributed by atoms with van der Waals surface area (Å²) in [5, 5.41) is 2.50. The Morgan fingerprint density at radius 3 is 1.91 bits per heavy atom. The molecule has 2 rings (SSSR count). The predicted molar refractivity (Wildman–Crippen MR) is 83.1 cm³/mol. The monoisotopic (exact) mass is 326 g/mol. The van der Waals surface area contributed by atoms with Crippen LogP contribution in [0.25, 0.3) is 0 Å². The summed E-state index contributed by atoms with van der Waals surface area (Å²) in [7, 11) is 0. The van der Waals surface area contributed by atoms with E-state index in [1.54, 1.807) is 18.2 Å². The van der Waals surface area contributed by atoms with Gasteiger partial charge < -0.3 is 34.7 Å². The second-order valence-corrected chi connectivity index (χ2v) is 4.68. The number of rotatable bonds is 1. The molecule has 8 nitrogen and oxygen atoms in total. The summed E-state index contributed by atoms with van der Waals surface area (Å²) in [6.45, 7) is 3.65. The highest BCUT2D eigenvalue weighted by molar-refractivity contribution is 5.88. The van der Waals surface area contributed by atoms with Crippen molar-refractivity contribution >= 4 is 11.7 Å². The molecule has 0 radical (unpaired) electrons. The molecule has 1 aliphatic heterocycles. The Morgan fingerprint density at radius 1 is 0.826 bits per heavy atom. The van der Waals surface area contributed by atoms with E-state index in [2.05, 4.69) is 5.32 Å². The Hall–Kier alpha value is -2.03. The molecule has 0 saturated heterocycles. The molecule has 8 heteroatoms. The first-order valence-corrected chi connectivity index (χ1v) is 7.45. The van der Waals surface area contributed by atoms with Gasteiger partial charge in [-0.25, -0.2) is 4.79 Å². The number of benzene rings is 1. The van der Waals surface area contributed by atoms with Crippen molar-refractivity contribution in [2.45, 2.75) is 0 Å². The lowest BCUT2D eigenvalue weighted by Crippen LogP contribution is -2.19. The van der Waals surface area contributed by atoms with Crippen LogP contribution < -0.4 is 20.5 Å². The summed E-state index contributed by atoms with van der Waals surface area (Å²) >= 11 is 0. The van der Waals surface area contributed by atoms with Crippen LogP contribution in [0.1, 0.15) is 0 Å². The smallest absolute Gasteiger partial charge is 0.316 e. The highest BCUT2D eigenvalue weighted by Crippen LogP contribution is 2.30. The third-order valence-corrected chi connectivity index (χ3v) is 2.93. The van der Waals surface area contributed by atoms with E-state index in [9.17, 15) is 4.79 Å². The molecule has 0 unspecified atom stereocenters. The minimum absolute atomic E-state index is 0.354. The molecule has 128 valence electrons. The Labute approximate surface area is 134 Å². The fraction of sp³-hybridized carbons (Fsp3) is 0.533. The Morgan fingerprint density at radius 2 is 1.35 bits per heavy atom. The number of fused-ring (bicyclic) bond motifs is 1. The maximum Gasteiger partial charge on any atom is 0.316 e. The maximum atomic E-state index is 10.9. The second-order valence-electron chi connectivity index (χ2n) is 4.68. The first kappa shape index (κ1) is 17.3.